The highest BCUT2D eigenvalue weighted by atomic mass is 16.7. The lowest BCUT2D eigenvalue weighted by Gasteiger charge is -2.11. The minimum Gasteiger partial charge on any atom is -0.483 e. The van der Waals surface area contributed by atoms with Crippen molar-refractivity contribution >= 4 is 5.91 Å². The van der Waals surface area contributed by atoms with Crippen LogP contribution in [0.5, 0.6) is 17.2 Å². The summed E-state index contributed by atoms with van der Waals surface area (Å²) in [7, 11) is 1.61. The predicted molar refractivity (Wildman–Crippen MR) is 73.5 cm³/mol. The molecule has 0 fully saturated rings. The number of carbonyl (C=O) groups excluding carboxylic acids is 1. The number of ether oxygens (including phenoxy) is 4. The number of methoxy groups -OCH3 is 1. The van der Waals surface area contributed by atoms with Gasteiger partial charge in [0.05, 0.1) is 6.61 Å². The largest absolute Gasteiger partial charge is 0.483 e. The highest BCUT2D eigenvalue weighted by Gasteiger charge is 2.18. The van der Waals surface area contributed by atoms with Crippen LogP contribution < -0.4 is 19.5 Å². The smallest absolute Gasteiger partial charge is 0.257 e. The van der Waals surface area contributed by atoms with Crippen molar-refractivity contribution in [1.82, 2.24) is 5.32 Å². The van der Waals surface area contributed by atoms with Crippen molar-refractivity contribution in [2.45, 2.75) is 13.0 Å². The second-order valence-corrected chi connectivity index (χ2v) is 4.46. The Morgan fingerprint density at radius 1 is 1.38 bits per heavy atom. The SMILES string of the molecule is COCCCNC(=O)COc1cc2c(cc1CO)OCO2. The third-order valence-electron chi connectivity index (χ3n) is 2.93. The molecule has 2 N–H and O–H groups in total. The summed E-state index contributed by atoms with van der Waals surface area (Å²) >= 11 is 0. The summed E-state index contributed by atoms with van der Waals surface area (Å²) in [4.78, 5) is 11.6. The minimum absolute atomic E-state index is 0.125. The van der Waals surface area contributed by atoms with Crippen LogP contribution in [-0.4, -0.2) is 44.7 Å². The number of nitrogens with one attached hydrogen (secondary N) is 1. The molecule has 0 saturated carbocycles. The molecule has 1 aliphatic rings. The maximum Gasteiger partial charge on any atom is 0.257 e. The molecule has 116 valence electrons. The van der Waals surface area contributed by atoms with Crippen molar-refractivity contribution in [3.8, 4) is 17.2 Å². The number of carbonyl (C=O) groups is 1. The van der Waals surface area contributed by atoms with Crippen LogP contribution in [0.2, 0.25) is 0 Å². The van der Waals surface area contributed by atoms with Gasteiger partial charge in [-0.1, -0.05) is 0 Å². The lowest BCUT2D eigenvalue weighted by Crippen LogP contribution is -2.30. The van der Waals surface area contributed by atoms with Crippen molar-refractivity contribution < 1.29 is 28.8 Å². The third-order valence-corrected chi connectivity index (χ3v) is 2.93. The van der Waals surface area contributed by atoms with Gasteiger partial charge in [-0.2, -0.15) is 0 Å². The fraction of sp³-hybridized carbons (Fsp3) is 0.500. The molecular formula is C14H19NO6. The van der Waals surface area contributed by atoms with Gasteiger partial charge in [-0.3, -0.25) is 4.79 Å². The Kier molecular flexibility index (Phi) is 5.65. The van der Waals surface area contributed by atoms with Gasteiger partial charge in [-0.15, -0.1) is 0 Å². The molecule has 1 aromatic carbocycles. The van der Waals surface area contributed by atoms with Gasteiger partial charge in [-0.25, -0.2) is 0 Å². The number of amides is 1. The van der Waals surface area contributed by atoms with E-state index in [1.807, 2.05) is 0 Å². The zero-order valence-electron chi connectivity index (χ0n) is 11.9. The van der Waals surface area contributed by atoms with Gasteiger partial charge in [-0.05, 0) is 12.5 Å². The van der Waals surface area contributed by atoms with Crippen LogP contribution in [0.4, 0.5) is 0 Å². The standard InChI is InChI=1S/C14H19NO6/c1-18-4-2-3-15-14(17)8-19-11-6-13-12(20-9-21-13)5-10(11)7-16/h5-6,16H,2-4,7-9H2,1H3,(H,15,17). The van der Waals surface area contributed by atoms with E-state index in [1.165, 1.54) is 0 Å². The van der Waals surface area contributed by atoms with E-state index in [-0.39, 0.29) is 25.9 Å². The summed E-state index contributed by atoms with van der Waals surface area (Å²) in [5, 5.41) is 12.0. The normalized spacial score (nSPS) is 12.3. The van der Waals surface area contributed by atoms with Crippen molar-refractivity contribution in [1.29, 1.82) is 0 Å². The molecule has 0 bridgehead atoms. The number of fused-ring (bicyclic) bond motifs is 1. The summed E-state index contributed by atoms with van der Waals surface area (Å²) < 4.78 is 20.8. The molecule has 1 amide bonds. The monoisotopic (exact) mass is 297 g/mol. The Hall–Kier alpha value is -1.99. The second-order valence-electron chi connectivity index (χ2n) is 4.46. The fourth-order valence-electron chi connectivity index (χ4n) is 1.86. The number of rotatable bonds is 8. The summed E-state index contributed by atoms with van der Waals surface area (Å²) in [6, 6.07) is 3.26. The molecule has 0 aliphatic carbocycles. The molecule has 1 aromatic rings. The van der Waals surface area contributed by atoms with E-state index < -0.39 is 0 Å². The molecule has 7 nitrogen and oxygen atoms in total. The quantitative estimate of drug-likeness (QED) is 0.677. The van der Waals surface area contributed by atoms with E-state index >= 15 is 0 Å². The van der Waals surface area contributed by atoms with E-state index in [0.717, 1.165) is 6.42 Å². The fourth-order valence-corrected chi connectivity index (χ4v) is 1.86. The molecular weight excluding hydrogens is 278 g/mol. The van der Waals surface area contributed by atoms with E-state index in [4.69, 9.17) is 18.9 Å². The van der Waals surface area contributed by atoms with Crippen LogP contribution >= 0.6 is 0 Å². The molecule has 21 heavy (non-hydrogen) atoms. The highest BCUT2D eigenvalue weighted by molar-refractivity contribution is 5.77. The maximum atomic E-state index is 11.6. The van der Waals surface area contributed by atoms with Crippen molar-refractivity contribution in [2.75, 3.05) is 33.7 Å². The predicted octanol–water partition coefficient (Wildman–Crippen LogP) is 0.439. The van der Waals surface area contributed by atoms with Crippen LogP contribution in [-0.2, 0) is 16.1 Å². The molecule has 0 spiro atoms. The molecule has 1 heterocycles. The minimum atomic E-state index is -0.229. The Labute approximate surface area is 122 Å². The number of aliphatic hydroxyl groups excluding tert-OH is 1. The average molecular weight is 297 g/mol. The molecule has 7 heteroatoms. The van der Waals surface area contributed by atoms with Crippen molar-refractivity contribution in [3.63, 3.8) is 0 Å². The van der Waals surface area contributed by atoms with Crippen LogP contribution in [0.25, 0.3) is 0 Å². The summed E-state index contributed by atoms with van der Waals surface area (Å²) in [6.45, 7) is 0.937. The molecule has 0 atom stereocenters. The lowest BCUT2D eigenvalue weighted by molar-refractivity contribution is -0.123. The topological polar surface area (TPSA) is 86.3 Å². The molecule has 1 aliphatic heterocycles. The zero-order chi connectivity index (χ0) is 15.1. The molecule has 0 unspecified atom stereocenters. The van der Waals surface area contributed by atoms with E-state index in [2.05, 4.69) is 5.32 Å². The van der Waals surface area contributed by atoms with Gasteiger partial charge in [0.15, 0.2) is 18.1 Å². The summed E-state index contributed by atoms with van der Waals surface area (Å²) in [5.74, 6) is 1.29. The van der Waals surface area contributed by atoms with E-state index in [0.29, 0.717) is 36.0 Å². The molecule has 0 radical (unpaired) electrons. The number of hydrogen-bond donors (Lipinski definition) is 2. The van der Waals surface area contributed by atoms with Crippen LogP contribution in [0, 0.1) is 0 Å². The van der Waals surface area contributed by atoms with Crippen molar-refractivity contribution in [2.24, 2.45) is 0 Å². The summed E-state index contributed by atoms with van der Waals surface area (Å²) in [6.07, 6.45) is 0.744. The van der Waals surface area contributed by atoms with Gasteiger partial charge in [0, 0.05) is 31.9 Å². The van der Waals surface area contributed by atoms with Gasteiger partial charge in [0.2, 0.25) is 6.79 Å². The highest BCUT2D eigenvalue weighted by Crippen LogP contribution is 2.38. The average Bonchev–Trinajstić information content (AvgIpc) is 2.95. The molecule has 0 aromatic heterocycles. The third kappa shape index (κ3) is 4.24. The Morgan fingerprint density at radius 3 is 2.86 bits per heavy atom. The van der Waals surface area contributed by atoms with Crippen LogP contribution in [0.1, 0.15) is 12.0 Å². The van der Waals surface area contributed by atoms with E-state index in [9.17, 15) is 9.90 Å². The zero-order valence-corrected chi connectivity index (χ0v) is 11.9. The molecule has 2 rings (SSSR count). The van der Waals surface area contributed by atoms with Crippen LogP contribution in [0.15, 0.2) is 12.1 Å². The Bertz CT molecular complexity index is 491. The first kappa shape index (κ1) is 15.4. The van der Waals surface area contributed by atoms with Crippen LogP contribution in [0.3, 0.4) is 0 Å². The Morgan fingerprint density at radius 2 is 2.14 bits per heavy atom. The maximum absolute atomic E-state index is 11.6. The first-order valence-corrected chi connectivity index (χ1v) is 6.66. The van der Waals surface area contributed by atoms with Gasteiger partial charge >= 0.3 is 0 Å². The van der Waals surface area contributed by atoms with Gasteiger partial charge < -0.3 is 29.4 Å². The number of aliphatic hydroxyl groups is 1. The molecule has 0 saturated heterocycles. The van der Waals surface area contributed by atoms with E-state index in [1.54, 1.807) is 19.2 Å². The first-order chi connectivity index (χ1) is 10.2. The summed E-state index contributed by atoms with van der Waals surface area (Å²) in [5.41, 5.74) is 0.548. The Balaban J connectivity index is 1.86. The number of benzene rings is 1. The first-order valence-electron chi connectivity index (χ1n) is 6.66. The number of hydrogen-bond acceptors (Lipinski definition) is 6. The van der Waals surface area contributed by atoms with Crippen molar-refractivity contribution in [3.05, 3.63) is 17.7 Å². The second kappa shape index (κ2) is 7.70. The lowest BCUT2D eigenvalue weighted by atomic mass is 10.2. The van der Waals surface area contributed by atoms with Gasteiger partial charge in [0.1, 0.15) is 5.75 Å². The van der Waals surface area contributed by atoms with Gasteiger partial charge in [0.25, 0.3) is 5.91 Å².